The van der Waals surface area contributed by atoms with Crippen molar-refractivity contribution >= 4 is 33.3 Å². The molecule has 7 nitrogen and oxygen atoms in total. The van der Waals surface area contributed by atoms with Gasteiger partial charge in [0.25, 0.3) is 15.9 Å². The SMILES string of the molecule is COC(=O)c1ccc(NC(=O)c2cccc(NS(=O)(=O)c3ccccc3)c2)cc1. The van der Waals surface area contributed by atoms with Gasteiger partial charge in [0.1, 0.15) is 0 Å². The first-order chi connectivity index (χ1) is 13.9. The molecule has 0 saturated heterocycles. The maximum Gasteiger partial charge on any atom is 0.337 e. The Hall–Kier alpha value is -3.65. The molecule has 3 aromatic rings. The van der Waals surface area contributed by atoms with E-state index in [0.29, 0.717) is 11.3 Å². The van der Waals surface area contributed by atoms with Gasteiger partial charge in [0, 0.05) is 16.9 Å². The van der Waals surface area contributed by atoms with Crippen LogP contribution in [0.25, 0.3) is 0 Å². The van der Waals surface area contributed by atoms with Crippen LogP contribution in [0.3, 0.4) is 0 Å². The van der Waals surface area contributed by atoms with Gasteiger partial charge in [0.2, 0.25) is 0 Å². The van der Waals surface area contributed by atoms with E-state index in [1.807, 2.05) is 0 Å². The molecule has 0 radical (unpaired) electrons. The zero-order valence-corrected chi connectivity index (χ0v) is 16.3. The summed E-state index contributed by atoms with van der Waals surface area (Å²) in [5, 5.41) is 2.70. The Kier molecular flexibility index (Phi) is 5.94. The van der Waals surface area contributed by atoms with Gasteiger partial charge in [-0.1, -0.05) is 24.3 Å². The maximum atomic E-state index is 12.5. The first-order valence-electron chi connectivity index (χ1n) is 8.57. The van der Waals surface area contributed by atoms with Gasteiger partial charge in [0.05, 0.1) is 17.6 Å². The monoisotopic (exact) mass is 410 g/mol. The number of carbonyl (C=O) groups is 2. The predicted molar refractivity (Wildman–Crippen MR) is 109 cm³/mol. The fourth-order valence-electron chi connectivity index (χ4n) is 2.55. The molecular formula is C21H18N2O5S. The van der Waals surface area contributed by atoms with Gasteiger partial charge in [-0.05, 0) is 54.6 Å². The molecule has 3 aromatic carbocycles. The molecule has 0 aliphatic heterocycles. The zero-order chi connectivity index (χ0) is 20.9. The molecule has 1 amide bonds. The van der Waals surface area contributed by atoms with Crippen LogP contribution in [0, 0.1) is 0 Å². The Morgan fingerprint density at radius 3 is 2.14 bits per heavy atom. The number of hydrogen-bond acceptors (Lipinski definition) is 5. The lowest BCUT2D eigenvalue weighted by molar-refractivity contribution is 0.0600. The average Bonchev–Trinajstić information content (AvgIpc) is 2.74. The maximum absolute atomic E-state index is 12.5. The molecule has 0 aliphatic carbocycles. The highest BCUT2D eigenvalue weighted by molar-refractivity contribution is 7.92. The summed E-state index contributed by atoms with van der Waals surface area (Å²) in [6.07, 6.45) is 0. The summed E-state index contributed by atoms with van der Waals surface area (Å²) in [6.45, 7) is 0. The highest BCUT2D eigenvalue weighted by atomic mass is 32.2. The lowest BCUT2D eigenvalue weighted by Gasteiger charge is -2.10. The van der Waals surface area contributed by atoms with Crippen molar-refractivity contribution in [1.29, 1.82) is 0 Å². The van der Waals surface area contributed by atoms with E-state index >= 15 is 0 Å². The van der Waals surface area contributed by atoms with Gasteiger partial charge in [-0.25, -0.2) is 13.2 Å². The minimum Gasteiger partial charge on any atom is -0.465 e. The number of benzene rings is 3. The normalized spacial score (nSPS) is 10.8. The lowest BCUT2D eigenvalue weighted by Crippen LogP contribution is -2.15. The molecule has 0 aliphatic rings. The van der Waals surface area contributed by atoms with Crippen molar-refractivity contribution in [1.82, 2.24) is 0 Å². The first-order valence-corrected chi connectivity index (χ1v) is 10.0. The fourth-order valence-corrected chi connectivity index (χ4v) is 3.62. The summed E-state index contributed by atoms with van der Waals surface area (Å²) >= 11 is 0. The van der Waals surface area contributed by atoms with Gasteiger partial charge in [0.15, 0.2) is 0 Å². The Bertz CT molecular complexity index is 1130. The number of amides is 1. The number of hydrogen-bond donors (Lipinski definition) is 2. The van der Waals surface area contributed by atoms with Gasteiger partial charge in [-0.2, -0.15) is 0 Å². The van der Waals surface area contributed by atoms with E-state index in [4.69, 9.17) is 0 Å². The third-order valence-corrected chi connectivity index (χ3v) is 5.39. The van der Waals surface area contributed by atoms with Crippen molar-refractivity contribution in [3.8, 4) is 0 Å². The second-order valence-electron chi connectivity index (χ2n) is 6.02. The van der Waals surface area contributed by atoms with Crippen LogP contribution >= 0.6 is 0 Å². The Morgan fingerprint density at radius 2 is 1.48 bits per heavy atom. The second-order valence-corrected chi connectivity index (χ2v) is 7.70. The van der Waals surface area contributed by atoms with Crippen LogP contribution in [0.4, 0.5) is 11.4 Å². The van der Waals surface area contributed by atoms with Crippen molar-refractivity contribution in [3.63, 3.8) is 0 Å². The molecule has 0 spiro atoms. The molecule has 0 unspecified atom stereocenters. The van der Waals surface area contributed by atoms with Crippen molar-refractivity contribution in [2.45, 2.75) is 4.90 Å². The number of carbonyl (C=O) groups excluding carboxylic acids is 2. The number of ether oxygens (including phenoxy) is 1. The molecule has 0 atom stereocenters. The molecule has 29 heavy (non-hydrogen) atoms. The molecule has 0 fully saturated rings. The second kappa shape index (κ2) is 8.57. The highest BCUT2D eigenvalue weighted by Crippen LogP contribution is 2.18. The third kappa shape index (κ3) is 4.99. The first kappa shape index (κ1) is 20.1. The average molecular weight is 410 g/mol. The minimum absolute atomic E-state index is 0.126. The van der Waals surface area contributed by atoms with Crippen molar-refractivity contribution < 1.29 is 22.7 Å². The molecule has 2 N–H and O–H groups in total. The van der Waals surface area contributed by atoms with Crippen LogP contribution in [-0.4, -0.2) is 27.4 Å². The topological polar surface area (TPSA) is 102 Å². The van der Waals surface area contributed by atoms with E-state index in [0.717, 1.165) is 0 Å². The van der Waals surface area contributed by atoms with Gasteiger partial charge >= 0.3 is 5.97 Å². The smallest absolute Gasteiger partial charge is 0.337 e. The quantitative estimate of drug-likeness (QED) is 0.606. The summed E-state index contributed by atoms with van der Waals surface area (Å²) in [5.74, 6) is -0.891. The van der Waals surface area contributed by atoms with Gasteiger partial charge in [-0.3, -0.25) is 9.52 Å². The van der Waals surface area contributed by atoms with Crippen molar-refractivity contribution in [2.75, 3.05) is 17.1 Å². The van der Waals surface area contributed by atoms with E-state index in [2.05, 4.69) is 14.8 Å². The minimum atomic E-state index is -3.76. The lowest BCUT2D eigenvalue weighted by atomic mass is 10.1. The van der Waals surface area contributed by atoms with Crippen LogP contribution < -0.4 is 10.0 Å². The van der Waals surface area contributed by atoms with Gasteiger partial charge < -0.3 is 10.1 Å². The Labute approximate surface area is 168 Å². The number of anilines is 2. The number of rotatable bonds is 6. The van der Waals surface area contributed by atoms with Crippen LogP contribution in [0.15, 0.2) is 83.8 Å². The van der Waals surface area contributed by atoms with E-state index in [1.54, 1.807) is 48.5 Å². The van der Waals surface area contributed by atoms with E-state index in [-0.39, 0.29) is 16.1 Å². The van der Waals surface area contributed by atoms with E-state index in [9.17, 15) is 18.0 Å². The fraction of sp³-hybridized carbons (Fsp3) is 0.0476. The zero-order valence-electron chi connectivity index (χ0n) is 15.5. The molecular weight excluding hydrogens is 392 g/mol. The summed E-state index contributed by atoms with van der Waals surface area (Å²) in [5.41, 5.74) is 1.39. The molecule has 0 aromatic heterocycles. The Morgan fingerprint density at radius 1 is 0.793 bits per heavy atom. The molecule has 3 rings (SSSR count). The summed E-state index contributed by atoms with van der Waals surface area (Å²) in [7, 11) is -2.47. The van der Waals surface area contributed by atoms with Crippen molar-refractivity contribution in [2.24, 2.45) is 0 Å². The van der Waals surface area contributed by atoms with Crippen LogP contribution in [0.5, 0.6) is 0 Å². The summed E-state index contributed by atoms with van der Waals surface area (Å²) < 4.78 is 32.0. The third-order valence-electron chi connectivity index (χ3n) is 3.99. The number of sulfonamides is 1. The van der Waals surface area contributed by atoms with Crippen molar-refractivity contribution in [3.05, 3.63) is 90.0 Å². The molecule has 0 heterocycles. The highest BCUT2D eigenvalue weighted by Gasteiger charge is 2.15. The van der Waals surface area contributed by atoms with Crippen LogP contribution in [0.1, 0.15) is 20.7 Å². The molecule has 8 heteroatoms. The summed E-state index contributed by atoms with van der Waals surface area (Å²) in [6, 6.07) is 20.3. The number of esters is 1. The molecule has 0 bridgehead atoms. The standard InChI is InChI=1S/C21H18N2O5S/c1-28-21(25)15-10-12-17(13-11-15)22-20(24)16-6-5-7-18(14-16)23-29(26,27)19-8-3-2-4-9-19/h2-14,23H,1H3,(H,22,24). The van der Waals surface area contributed by atoms with Gasteiger partial charge in [-0.15, -0.1) is 0 Å². The Balaban J connectivity index is 1.73. The molecule has 0 saturated carbocycles. The summed E-state index contributed by atoms with van der Waals surface area (Å²) in [4.78, 5) is 24.1. The predicted octanol–water partition coefficient (Wildman–Crippen LogP) is 3.53. The van der Waals surface area contributed by atoms with Crippen LogP contribution in [-0.2, 0) is 14.8 Å². The van der Waals surface area contributed by atoms with E-state index < -0.39 is 21.9 Å². The van der Waals surface area contributed by atoms with E-state index in [1.165, 1.54) is 37.4 Å². The number of methoxy groups -OCH3 is 1. The molecule has 148 valence electrons. The van der Waals surface area contributed by atoms with Crippen LogP contribution in [0.2, 0.25) is 0 Å². The number of nitrogens with one attached hydrogen (secondary N) is 2. The largest absolute Gasteiger partial charge is 0.465 e.